The van der Waals surface area contributed by atoms with Crippen LogP contribution in [0.25, 0.3) is 0 Å². The Hall–Kier alpha value is -1.52. The quantitative estimate of drug-likeness (QED) is 0.765. The van der Waals surface area contributed by atoms with Gasteiger partial charge in [-0.05, 0) is 27.7 Å². The van der Waals surface area contributed by atoms with E-state index in [9.17, 15) is 9.59 Å². The SMILES string of the molecule is C=C(C)CN(C)C(=O)N(CC(=O)O)C(C)(C)C. The normalized spacial score (nSPS) is 10.9. The molecule has 0 aliphatic rings. The van der Waals surface area contributed by atoms with Crippen molar-refractivity contribution in [3.05, 3.63) is 12.2 Å². The summed E-state index contributed by atoms with van der Waals surface area (Å²) in [6.45, 7) is 11.1. The van der Waals surface area contributed by atoms with E-state index >= 15 is 0 Å². The molecule has 0 aromatic rings. The predicted octanol–water partition coefficient (Wildman–Crippen LogP) is 1.80. The van der Waals surface area contributed by atoms with Crippen LogP contribution < -0.4 is 0 Å². The van der Waals surface area contributed by atoms with Gasteiger partial charge in [0, 0.05) is 19.1 Å². The number of likely N-dealkylation sites (N-methyl/N-ethyl adjacent to an activating group) is 1. The molecule has 17 heavy (non-hydrogen) atoms. The minimum atomic E-state index is -1.02. The van der Waals surface area contributed by atoms with Crippen molar-refractivity contribution in [1.29, 1.82) is 0 Å². The highest BCUT2D eigenvalue weighted by atomic mass is 16.4. The summed E-state index contributed by atoms with van der Waals surface area (Å²) in [5.74, 6) is -1.02. The molecule has 1 N–H and O–H groups in total. The maximum atomic E-state index is 12.1. The third-order valence-electron chi connectivity index (χ3n) is 2.17. The summed E-state index contributed by atoms with van der Waals surface area (Å²) in [6, 6.07) is -0.303. The molecular weight excluding hydrogens is 220 g/mol. The maximum absolute atomic E-state index is 12.1. The average Bonchev–Trinajstić information content (AvgIpc) is 2.09. The molecule has 0 aliphatic heterocycles. The van der Waals surface area contributed by atoms with E-state index in [-0.39, 0.29) is 12.6 Å². The highest BCUT2D eigenvalue weighted by molar-refractivity contribution is 5.80. The summed E-state index contributed by atoms with van der Waals surface area (Å²) in [5.41, 5.74) is 0.323. The lowest BCUT2D eigenvalue weighted by Crippen LogP contribution is -2.53. The number of carboxylic acids is 1. The third-order valence-corrected chi connectivity index (χ3v) is 2.17. The summed E-state index contributed by atoms with van der Waals surface area (Å²) in [7, 11) is 1.64. The number of urea groups is 1. The van der Waals surface area contributed by atoms with Crippen LogP contribution in [0.2, 0.25) is 0 Å². The second-order valence-corrected chi connectivity index (χ2v) is 5.25. The fraction of sp³-hybridized carbons (Fsp3) is 0.667. The van der Waals surface area contributed by atoms with Crippen LogP contribution in [0.5, 0.6) is 0 Å². The van der Waals surface area contributed by atoms with E-state index in [0.717, 1.165) is 5.57 Å². The van der Waals surface area contributed by atoms with Crippen molar-refractivity contribution >= 4 is 12.0 Å². The zero-order valence-electron chi connectivity index (χ0n) is 11.3. The van der Waals surface area contributed by atoms with Gasteiger partial charge in [0.25, 0.3) is 0 Å². The summed E-state index contributed by atoms with van der Waals surface area (Å²) < 4.78 is 0. The summed E-state index contributed by atoms with van der Waals surface area (Å²) in [6.07, 6.45) is 0. The minimum absolute atomic E-state index is 0.303. The number of amides is 2. The van der Waals surface area contributed by atoms with Crippen LogP contribution in [0, 0.1) is 0 Å². The second kappa shape index (κ2) is 5.70. The van der Waals surface area contributed by atoms with Crippen molar-refractivity contribution in [3.8, 4) is 0 Å². The minimum Gasteiger partial charge on any atom is -0.480 e. The molecule has 2 amide bonds. The molecule has 5 nitrogen and oxygen atoms in total. The molecule has 0 fully saturated rings. The molecule has 98 valence electrons. The molecule has 0 saturated carbocycles. The van der Waals surface area contributed by atoms with Gasteiger partial charge in [0.1, 0.15) is 6.54 Å². The van der Waals surface area contributed by atoms with Crippen molar-refractivity contribution in [1.82, 2.24) is 9.80 Å². The van der Waals surface area contributed by atoms with Gasteiger partial charge >= 0.3 is 12.0 Å². The number of carbonyl (C=O) groups is 2. The maximum Gasteiger partial charge on any atom is 0.323 e. The number of hydrogen-bond donors (Lipinski definition) is 1. The van der Waals surface area contributed by atoms with Crippen LogP contribution in [-0.4, -0.2) is 52.6 Å². The van der Waals surface area contributed by atoms with Crippen LogP contribution in [0.4, 0.5) is 4.79 Å². The summed E-state index contributed by atoms with van der Waals surface area (Å²) in [4.78, 5) is 25.7. The van der Waals surface area contributed by atoms with Crippen LogP contribution in [0.15, 0.2) is 12.2 Å². The van der Waals surface area contributed by atoms with Crippen molar-refractivity contribution in [2.75, 3.05) is 20.1 Å². The molecule has 0 unspecified atom stereocenters. The first-order valence-corrected chi connectivity index (χ1v) is 5.44. The first kappa shape index (κ1) is 15.5. The summed E-state index contributed by atoms with van der Waals surface area (Å²) in [5, 5.41) is 8.83. The van der Waals surface area contributed by atoms with Crippen molar-refractivity contribution < 1.29 is 14.7 Å². The lowest BCUT2D eigenvalue weighted by Gasteiger charge is -2.37. The van der Waals surface area contributed by atoms with Gasteiger partial charge in [-0.1, -0.05) is 12.2 Å². The molecule has 0 heterocycles. The zero-order valence-corrected chi connectivity index (χ0v) is 11.3. The molecule has 0 atom stereocenters. The van der Waals surface area contributed by atoms with Crippen LogP contribution in [-0.2, 0) is 4.79 Å². The number of rotatable bonds is 4. The fourth-order valence-electron chi connectivity index (χ4n) is 1.41. The molecule has 0 spiro atoms. The lowest BCUT2D eigenvalue weighted by molar-refractivity contribution is -0.138. The van der Waals surface area contributed by atoms with E-state index in [1.54, 1.807) is 7.05 Å². The number of nitrogens with zero attached hydrogens (tertiary/aromatic N) is 2. The van der Waals surface area contributed by atoms with Crippen LogP contribution >= 0.6 is 0 Å². The Kier molecular flexibility index (Phi) is 5.19. The molecule has 0 bridgehead atoms. The highest BCUT2D eigenvalue weighted by Gasteiger charge is 2.30. The lowest BCUT2D eigenvalue weighted by atomic mass is 10.1. The third kappa shape index (κ3) is 5.38. The average molecular weight is 242 g/mol. The standard InChI is InChI=1S/C12H22N2O3/c1-9(2)7-13(6)11(17)14(8-10(15)16)12(3,4)5/h1,7-8H2,2-6H3,(H,15,16). The van der Waals surface area contributed by atoms with Crippen molar-refractivity contribution in [2.45, 2.75) is 33.2 Å². The second-order valence-electron chi connectivity index (χ2n) is 5.25. The molecule has 0 aromatic heterocycles. The van der Waals surface area contributed by atoms with Gasteiger partial charge in [0.05, 0.1) is 0 Å². The van der Waals surface area contributed by atoms with E-state index in [2.05, 4.69) is 6.58 Å². The van der Waals surface area contributed by atoms with Gasteiger partial charge in [0.2, 0.25) is 0 Å². The smallest absolute Gasteiger partial charge is 0.323 e. The molecule has 5 heteroatoms. The van der Waals surface area contributed by atoms with Gasteiger partial charge in [-0.2, -0.15) is 0 Å². The Bertz CT molecular complexity index is 318. The number of hydrogen-bond acceptors (Lipinski definition) is 2. The fourth-order valence-corrected chi connectivity index (χ4v) is 1.41. The first-order valence-electron chi connectivity index (χ1n) is 5.44. The Balaban J connectivity index is 4.87. The molecule has 0 radical (unpaired) electrons. The van der Waals surface area contributed by atoms with Gasteiger partial charge in [-0.25, -0.2) is 4.79 Å². The first-order chi connectivity index (χ1) is 7.55. The largest absolute Gasteiger partial charge is 0.480 e. The molecule has 0 rings (SSSR count). The van der Waals surface area contributed by atoms with E-state index < -0.39 is 11.5 Å². The Morgan fingerprint density at radius 2 is 1.71 bits per heavy atom. The van der Waals surface area contributed by atoms with E-state index in [1.807, 2.05) is 27.7 Å². The van der Waals surface area contributed by atoms with Gasteiger partial charge < -0.3 is 14.9 Å². The predicted molar refractivity (Wildman–Crippen MR) is 66.9 cm³/mol. The zero-order chi connectivity index (χ0) is 13.8. The number of carboxylic acid groups (broad SMARTS) is 1. The van der Waals surface area contributed by atoms with Crippen molar-refractivity contribution in [2.24, 2.45) is 0 Å². The van der Waals surface area contributed by atoms with E-state index in [0.29, 0.717) is 6.54 Å². The van der Waals surface area contributed by atoms with Gasteiger partial charge in [0.15, 0.2) is 0 Å². The Labute approximate surface area is 103 Å². The number of aliphatic carboxylic acids is 1. The highest BCUT2D eigenvalue weighted by Crippen LogP contribution is 2.15. The molecule has 0 saturated heterocycles. The molecular formula is C12H22N2O3. The monoisotopic (exact) mass is 242 g/mol. The van der Waals surface area contributed by atoms with Crippen LogP contribution in [0.1, 0.15) is 27.7 Å². The topological polar surface area (TPSA) is 60.9 Å². The molecule has 0 aromatic carbocycles. The Morgan fingerprint density at radius 1 is 1.24 bits per heavy atom. The molecule has 0 aliphatic carbocycles. The summed E-state index contributed by atoms with van der Waals surface area (Å²) >= 11 is 0. The van der Waals surface area contributed by atoms with E-state index in [4.69, 9.17) is 5.11 Å². The van der Waals surface area contributed by atoms with Gasteiger partial charge in [-0.15, -0.1) is 0 Å². The van der Waals surface area contributed by atoms with Crippen LogP contribution in [0.3, 0.4) is 0 Å². The van der Waals surface area contributed by atoms with Gasteiger partial charge in [-0.3, -0.25) is 4.79 Å². The Morgan fingerprint density at radius 3 is 2.00 bits per heavy atom. The van der Waals surface area contributed by atoms with E-state index in [1.165, 1.54) is 9.80 Å². The van der Waals surface area contributed by atoms with Crippen molar-refractivity contribution in [3.63, 3.8) is 0 Å². The number of carbonyl (C=O) groups excluding carboxylic acids is 1.